The van der Waals surface area contributed by atoms with E-state index in [1.165, 1.54) is 14.2 Å². The Morgan fingerprint density at radius 3 is 2.59 bits per heavy atom. The third kappa shape index (κ3) is 5.89. The Morgan fingerprint density at radius 1 is 1.22 bits per heavy atom. The summed E-state index contributed by atoms with van der Waals surface area (Å²) >= 11 is 17.5. The zero-order valence-corrected chi connectivity index (χ0v) is 16.9. The van der Waals surface area contributed by atoms with Crippen molar-refractivity contribution in [2.45, 2.75) is 6.61 Å². The molecule has 0 aliphatic carbocycles. The van der Waals surface area contributed by atoms with Crippen molar-refractivity contribution >= 4 is 52.5 Å². The van der Waals surface area contributed by atoms with Gasteiger partial charge in [-0.25, -0.2) is 0 Å². The van der Waals surface area contributed by atoms with Gasteiger partial charge >= 0.3 is 0 Å². The van der Waals surface area contributed by atoms with Gasteiger partial charge in [-0.1, -0.05) is 64.2 Å². The summed E-state index contributed by atoms with van der Waals surface area (Å²) in [6, 6.07) is 12.4. The third-order valence-electron chi connectivity index (χ3n) is 3.53. The Hall–Kier alpha value is -2.21. The fourth-order valence-corrected chi connectivity index (χ4v) is 2.75. The number of halogens is 3. The van der Waals surface area contributed by atoms with Gasteiger partial charge in [-0.05, 0) is 35.4 Å². The lowest BCUT2D eigenvalue weighted by Crippen LogP contribution is -2.29. The molecule has 0 aliphatic rings. The molecule has 8 heteroatoms. The monoisotopic (exact) mass is 426 g/mol. The molecule has 0 saturated carbocycles. The predicted molar refractivity (Wildman–Crippen MR) is 110 cm³/mol. The van der Waals surface area contributed by atoms with E-state index in [4.69, 9.17) is 44.4 Å². The number of rotatable bonds is 7. The molecule has 2 rings (SSSR count). The van der Waals surface area contributed by atoms with Gasteiger partial charge in [-0.3, -0.25) is 4.79 Å². The van der Waals surface area contributed by atoms with E-state index in [1.807, 2.05) is 12.1 Å². The molecule has 27 heavy (non-hydrogen) atoms. The van der Waals surface area contributed by atoms with Gasteiger partial charge in [0.2, 0.25) is 0 Å². The molecule has 0 spiro atoms. The molecular formula is C19H17Cl3N2O3. The highest BCUT2D eigenvalue weighted by atomic mass is 35.5. The highest BCUT2D eigenvalue weighted by molar-refractivity contribution is 6.57. The molecule has 5 nitrogen and oxygen atoms in total. The maximum atomic E-state index is 12.1. The lowest BCUT2D eigenvalue weighted by molar-refractivity contribution is -0.114. The van der Waals surface area contributed by atoms with Crippen LogP contribution in [0.5, 0.6) is 5.75 Å². The minimum Gasteiger partial charge on any atom is -0.489 e. The van der Waals surface area contributed by atoms with Crippen LogP contribution in [-0.2, 0) is 16.2 Å². The summed E-state index contributed by atoms with van der Waals surface area (Å²) in [6.45, 7) is 0.206. The summed E-state index contributed by atoms with van der Waals surface area (Å²) in [7, 11) is 2.91. The molecule has 0 saturated heterocycles. The highest BCUT2D eigenvalue weighted by Crippen LogP contribution is 2.27. The van der Waals surface area contributed by atoms with E-state index in [0.717, 1.165) is 5.56 Å². The van der Waals surface area contributed by atoms with E-state index in [-0.39, 0.29) is 22.7 Å². The second kappa shape index (κ2) is 10.2. The Kier molecular flexibility index (Phi) is 7.98. The van der Waals surface area contributed by atoms with Crippen LogP contribution in [0.1, 0.15) is 16.7 Å². The van der Waals surface area contributed by atoms with Gasteiger partial charge in [0.25, 0.3) is 5.91 Å². The smallest absolute Gasteiger partial charge is 0.273 e. The Labute approximate surface area is 172 Å². The minimum atomic E-state index is -0.360. The van der Waals surface area contributed by atoms with Gasteiger partial charge in [0.1, 0.15) is 24.0 Å². The molecular weight excluding hydrogens is 411 g/mol. The normalized spacial score (nSPS) is 10.9. The van der Waals surface area contributed by atoms with Gasteiger partial charge < -0.3 is 14.9 Å². The summed E-state index contributed by atoms with van der Waals surface area (Å²) in [5.74, 6) is 0.198. The second-order valence-electron chi connectivity index (χ2n) is 5.26. The standard InChI is InChI=1S/C19H17Cl3N2O3/c1-23-19(25)18(24-26-2)15-6-4-3-5-13(15)11-27-14-8-7-12(9-17(21)22)16(20)10-14/h3-10H,11H2,1-2H3,(H,23,25). The van der Waals surface area contributed by atoms with Crippen molar-refractivity contribution in [3.8, 4) is 5.75 Å². The Bertz CT molecular complexity index is 878. The number of oxime groups is 1. The number of carbonyl (C=O) groups excluding carboxylic acids is 1. The van der Waals surface area contributed by atoms with Crippen LogP contribution in [-0.4, -0.2) is 25.8 Å². The van der Waals surface area contributed by atoms with Crippen LogP contribution < -0.4 is 10.1 Å². The topological polar surface area (TPSA) is 59.9 Å². The molecule has 0 aromatic heterocycles. The minimum absolute atomic E-state index is 0.110. The fraction of sp³-hybridized carbons (Fsp3) is 0.158. The number of nitrogens with one attached hydrogen (secondary N) is 1. The van der Waals surface area contributed by atoms with Gasteiger partial charge in [0.05, 0.1) is 5.02 Å². The van der Waals surface area contributed by atoms with E-state index in [1.54, 1.807) is 36.4 Å². The molecule has 0 heterocycles. The van der Waals surface area contributed by atoms with Crippen molar-refractivity contribution in [3.05, 3.63) is 68.7 Å². The number of carbonyl (C=O) groups is 1. The third-order valence-corrected chi connectivity index (χ3v) is 4.07. The number of likely N-dealkylation sites (N-methyl/N-ethyl adjacent to an activating group) is 1. The zero-order chi connectivity index (χ0) is 19.8. The maximum Gasteiger partial charge on any atom is 0.273 e. The largest absolute Gasteiger partial charge is 0.489 e. The molecule has 2 aromatic rings. The molecule has 142 valence electrons. The van der Waals surface area contributed by atoms with Gasteiger partial charge in [0, 0.05) is 12.6 Å². The number of nitrogens with zero attached hydrogens (tertiary/aromatic N) is 1. The van der Waals surface area contributed by atoms with Crippen molar-refractivity contribution < 1.29 is 14.4 Å². The predicted octanol–water partition coefficient (Wildman–Crippen LogP) is 4.79. The summed E-state index contributed by atoms with van der Waals surface area (Å²) in [5.41, 5.74) is 2.21. The van der Waals surface area contributed by atoms with Crippen molar-refractivity contribution in [2.24, 2.45) is 5.16 Å². The molecule has 0 fully saturated rings. The lowest BCUT2D eigenvalue weighted by Gasteiger charge is -2.12. The van der Waals surface area contributed by atoms with Crippen LogP contribution >= 0.6 is 34.8 Å². The number of benzene rings is 2. The first kappa shape index (κ1) is 21.1. The number of amides is 1. The quantitative estimate of drug-likeness (QED) is 0.510. The molecule has 0 unspecified atom stereocenters. The number of ether oxygens (including phenoxy) is 1. The second-order valence-corrected chi connectivity index (χ2v) is 6.68. The van der Waals surface area contributed by atoms with Crippen LogP contribution in [0.15, 0.2) is 52.1 Å². The summed E-state index contributed by atoms with van der Waals surface area (Å²) in [4.78, 5) is 16.9. The Morgan fingerprint density at radius 2 is 1.96 bits per heavy atom. The number of hydrogen-bond acceptors (Lipinski definition) is 4. The molecule has 2 aromatic carbocycles. The number of hydrogen-bond donors (Lipinski definition) is 1. The summed E-state index contributed by atoms with van der Waals surface area (Å²) < 4.78 is 5.93. The molecule has 1 amide bonds. The first-order valence-electron chi connectivity index (χ1n) is 7.82. The first-order valence-corrected chi connectivity index (χ1v) is 8.96. The van der Waals surface area contributed by atoms with E-state index in [0.29, 0.717) is 21.9 Å². The molecule has 0 radical (unpaired) electrons. The van der Waals surface area contributed by atoms with Crippen LogP contribution in [0.2, 0.25) is 5.02 Å². The van der Waals surface area contributed by atoms with E-state index >= 15 is 0 Å². The van der Waals surface area contributed by atoms with Crippen molar-refractivity contribution in [2.75, 3.05) is 14.2 Å². The average molecular weight is 428 g/mol. The fourth-order valence-electron chi connectivity index (χ4n) is 2.29. The maximum absolute atomic E-state index is 12.1. The molecule has 0 aliphatic heterocycles. The summed E-state index contributed by atoms with van der Waals surface area (Å²) in [5, 5.41) is 6.82. The van der Waals surface area contributed by atoms with Gasteiger partial charge in [0.15, 0.2) is 5.71 Å². The van der Waals surface area contributed by atoms with Gasteiger partial charge in [-0.2, -0.15) is 0 Å². The molecule has 0 bridgehead atoms. The van der Waals surface area contributed by atoms with Crippen molar-refractivity contribution in [3.63, 3.8) is 0 Å². The molecule has 0 atom stereocenters. The van der Waals surface area contributed by atoms with Crippen LogP contribution in [0.3, 0.4) is 0 Å². The SMILES string of the molecule is CNC(=O)C(=NOC)c1ccccc1COc1ccc(C=C(Cl)Cl)c(Cl)c1. The first-order chi connectivity index (χ1) is 13.0. The lowest BCUT2D eigenvalue weighted by atomic mass is 10.0. The van der Waals surface area contributed by atoms with E-state index in [2.05, 4.69) is 10.5 Å². The van der Waals surface area contributed by atoms with Crippen LogP contribution in [0, 0.1) is 0 Å². The Balaban J connectivity index is 2.24. The van der Waals surface area contributed by atoms with Gasteiger partial charge in [-0.15, -0.1) is 0 Å². The van der Waals surface area contributed by atoms with Crippen molar-refractivity contribution in [1.82, 2.24) is 5.32 Å². The summed E-state index contributed by atoms with van der Waals surface area (Å²) in [6.07, 6.45) is 1.54. The zero-order valence-electron chi connectivity index (χ0n) is 14.6. The molecule has 1 N–H and O–H groups in total. The van der Waals surface area contributed by atoms with Crippen LogP contribution in [0.25, 0.3) is 6.08 Å². The average Bonchev–Trinajstić information content (AvgIpc) is 2.66. The highest BCUT2D eigenvalue weighted by Gasteiger charge is 2.17. The van der Waals surface area contributed by atoms with Crippen LogP contribution in [0.4, 0.5) is 0 Å². The van der Waals surface area contributed by atoms with E-state index < -0.39 is 0 Å². The van der Waals surface area contributed by atoms with E-state index in [9.17, 15) is 4.79 Å². The van der Waals surface area contributed by atoms with Crippen molar-refractivity contribution in [1.29, 1.82) is 0 Å².